The molecule has 0 bridgehead atoms. The van der Waals surface area contributed by atoms with E-state index in [9.17, 15) is 4.79 Å². The predicted octanol–water partition coefficient (Wildman–Crippen LogP) is 7.29. The van der Waals surface area contributed by atoms with Gasteiger partial charge in [-0.1, -0.05) is 46.9 Å². The third kappa shape index (κ3) is 6.94. The van der Waals surface area contributed by atoms with E-state index < -0.39 is 0 Å². The largest absolute Gasteiger partial charge is 0.490 e. The molecule has 0 radical (unpaired) electrons. The van der Waals surface area contributed by atoms with Gasteiger partial charge in [-0.05, 0) is 73.9 Å². The molecule has 3 aromatic carbocycles. The summed E-state index contributed by atoms with van der Waals surface area (Å²) in [5.74, 6) is 0.449. The van der Waals surface area contributed by atoms with Gasteiger partial charge in [0.15, 0.2) is 18.1 Å². The van der Waals surface area contributed by atoms with Crippen molar-refractivity contribution in [3.05, 3.63) is 80.3 Å². The Morgan fingerprint density at radius 3 is 2.39 bits per heavy atom. The fourth-order valence-electron chi connectivity index (χ4n) is 3.11. The topological polar surface area (TPSA) is 59.6 Å². The monoisotopic (exact) mass is 506 g/mol. The summed E-state index contributed by atoms with van der Waals surface area (Å²) in [4.78, 5) is 12.4. The van der Waals surface area contributed by atoms with Gasteiger partial charge < -0.3 is 20.1 Å². The number of ether oxygens (including phenoxy) is 2. The Hall–Kier alpha value is -2.60. The highest BCUT2D eigenvalue weighted by Crippen LogP contribution is 2.37. The number of hydrogen-bond donors (Lipinski definition) is 2. The van der Waals surface area contributed by atoms with Crippen molar-refractivity contribution in [3.8, 4) is 11.5 Å². The van der Waals surface area contributed by atoms with Crippen LogP contribution in [0.1, 0.15) is 23.6 Å². The number of rotatable bonds is 9. The maximum absolute atomic E-state index is 12.4. The fraction of sp³-hybridized carbons (Fsp3) is 0.240. The summed E-state index contributed by atoms with van der Waals surface area (Å²) in [6, 6.07) is 14.6. The van der Waals surface area contributed by atoms with Crippen LogP contribution in [0.5, 0.6) is 11.5 Å². The zero-order valence-electron chi connectivity index (χ0n) is 18.6. The molecule has 0 fully saturated rings. The highest BCUT2D eigenvalue weighted by Gasteiger charge is 2.15. The van der Waals surface area contributed by atoms with Crippen LogP contribution in [0.15, 0.2) is 48.5 Å². The summed E-state index contributed by atoms with van der Waals surface area (Å²) in [5, 5.41) is 7.70. The van der Waals surface area contributed by atoms with Gasteiger partial charge in [-0.2, -0.15) is 0 Å². The molecule has 0 atom stereocenters. The normalized spacial score (nSPS) is 10.6. The van der Waals surface area contributed by atoms with E-state index >= 15 is 0 Å². The minimum absolute atomic E-state index is 0.232. The summed E-state index contributed by atoms with van der Waals surface area (Å²) in [7, 11) is 0. The first-order chi connectivity index (χ1) is 15.8. The molecule has 0 saturated carbocycles. The van der Waals surface area contributed by atoms with Crippen LogP contribution in [0.4, 0.5) is 11.4 Å². The molecule has 2 N–H and O–H groups in total. The van der Waals surface area contributed by atoms with Crippen molar-refractivity contribution in [2.75, 3.05) is 23.8 Å². The first-order valence-corrected chi connectivity index (χ1v) is 11.5. The molecule has 0 heterocycles. The molecule has 174 valence electrons. The summed E-state index contributed by atoms with van der Waals surface area (Å²) < 4.78 is 11.4. The van der Waals surface area contributed by atoms with E-state index in [4.69, 9.17) is 44.3 Å². The third-order valence-corrected chi connectivity index (χ3v) is 5.78. The van der Waals surface area contributed by atoms with E-state index in [0.29, 0.717) is 45.4 Å². The van der Waals surface area contributed by atoms with Crippen LogP contribution >= 0.6 is 34.8 Å². The van der Waals surface area contributed by atoms with Crippen molar-refractivity contribution in [2.45, 2.75) is 27.3 Å². The molecule has 0 aromatic heterocycles. The molecule has 8 heteroatoms. The van der Waals surface area contributed by atoms with E-state index in [1.807, 2.05) is 51.1 Å². The smallest absolute Gasteiger partial charge is 0.262 e. The zero-order chi connectivity index (χ0) is 24.0. The lowest BCUT2D eigenvalue weighted by Crippen LogP contribution is -2.20. The Labute approximate surface area is 208 Å². The van der Waals surface area contributed by atoms with Crippen LogP contribution in [-0.4, -0.2) is 19.1 Å². The van der Waals surface area contributed by atoms with Gasteiger partial charge in [0.2, 0.25) is 0 Å². The van der Waals surface area contributed by atoms with E-state index in [-0.39, 0.29) is 12.5 Å². The number of carbonyl (C=O) groups is 1. The minimum atomic E-state index is -0.337. The second kappa shape index (κ2) is 11.5. The number of nitrogens with one attached hydrogen (secondary N) is 2. The number of hydrogen-bond acceptors (Lipinski definition) is 4. The van der Waals surface area contributed by atoms with E-state index in [0.717, 1.165) is 22.4 Å². The Morgan fingerprint density at radius 2 is 1.67 bits per heavy atom. The molecule has 0 aliphatic carbocycles. The van der Waals surface area contributed by atoms with Gasteiger partial charge in [-0.3, -0.25) is 4.79 Å². The number of halogens is 3. The van der Waals surface area contributed by atoms with Crippen LogP contribution in [-0.2, 0) is 11.3 Å². The number of carbonyl (C=O) groups excluding carboxylic acids is 1. The molecule has 1 amide bonds. The van der Waals surface area contributed by atoms with Gasteiger partial charge in [-0.25, -0.2) is 0 Å². The first kappa shape index (κ1) is 25.0. The van der Waals surface area contributed by atoms with Gasteiger partial charge in [0, 0.05) is 28.0 Å². The number of benzene rings is 3. The van der Waals surface area contributed by atoms with Gasteiger partial charge in [0.1, 0.15) is 0 Å². The van der Waals surface area contributed by atoms with E-state index in [2.05, 4.69) is 10.6 Å². The molecule has 0 unspecified atom stereocenters. The SMILES string of the molecule is CCOc1cc(CNc2cc(Cl)ccc2C)cc(Cl)c1OCC(=O)Nc1ccc(C)c(Cl)c1. The summed E-state index contributed by atoms with van der Waals surface area (Å²) >= 11 is 18.7. The molecule has 33 heavy (non-hydrogen) atoms. The van der Waals surface area contributed by atoms with Crippen molar-refractivity contribution in [2.24, 2.45) is 0 Å². The molecule has 3 aromatic rings. The van der Waals surface area contributed by atoms with Crippen molar-refractivity contribution in [1.29, 1.82) is 0 Å². The number of anilines is 2. The number of aryl methyl sites for hydroxylation is 2. The molecule has 5 nitrogen and oxygen atoms in total. The molecule has 3 rings (SSSR count). The van der Waals surface area contributed by atoms with Crippen LogP contribution in [0.25, 0.3) is 0 Å². The lowest BCUT2D eigenvalue weighted by Gasteiger charge is -2.16. The average Bonchev–Trinajstić information content (AvgIpc) is 2.76. The van der Waals surface area contributed by atoms with Crippen LogP contribution in [0.3, 0.4) is 0 Å². The standard InChI is InChI=1S/C25H25Cl3N2O3/c1-4-32-23-10-17(13-29-22-11-18(26)7-5-16(22)3)9-21(28)25(23)33-14-24(31)30-19-8-6-15(2)20(27)12-19/h5-12,29H,4,13-14H2,1-3H3,(H,30,31). The maximum atomic E-state index is 12.4. The Bertz CT molecular complexity index is 1150. The highest BCUT2D eigenvalue weighted by molar-refractivity contribution is 6.32. The van der Waals surface area contributed by atoms with Crippen molar-refractivity contribution in [1.82, 2.24) is 0 Å². The summed E-state index contributed by atoms with van der Waals surface area (Å²) in [6.07, 6.45) is 0. The summed E-state index contributed by atoms with van der Waals surface area (Å²) in [5.41, 5.74) is 4.43. The molecular formula is C25H25Cl3N2O3. The van der Waals surface area contributed by atoms with Crippen molar-refractivity contribution >= 4 is 52.1 Å². The average molecular weight is 508 g/mol. The van der Waals surface area contributed by atoms with Crippen LogP contribution < -0.4 is 20.1 Å². The third-order valence-electron chi connectivity index (χ3n) is 4.85. The first-order valence-electron chi connectivity index (χ1n) is 10.4. The van der Waals surface area contributed by atoms with E-state index in [1.165, 1.54) is 0 Å². The van der Waals surface area contributed by atoms with Crippen LogP contribution in [0.2, 0.25) is 15.1 Å². The lowest BCUT2D eigenvalue weighted by atomic mass is 10.1. The zero-order valence-corrected chi connectivity index (χ0v) is 20.9. The lowest BCUT2D eigenvalue weighted by molar-refractivity contribution is -0.118. The van der Waals surface area contributed by atoms with Gasteiger partial charge in [-0.15, -0.1) is 0 Å². The van der Waals surface area contributed by atoms with Crippen LogP contribution in [0, 0.1) is 13.8 Å². The Kier molecular flexibility index (Phi) is 8.73. The molecule has 0 saturated heterocycles. The van der Waals surface area contributed by atoms with E-state index in [1.54, 1.807) is 18.2 Å². The van der Waals surface area contributed by atoms with Gasteiger partial charge >= 0.3 is 0 Å². The number of amides is 1. The maximum Gasteiger partial charge on any atom is 0.262 e. The molecular weight excluding hydrogens is 483 g/mol. The quantitative estimate of drug-likeness (QED) is 0.319. The van der Waals surface area contributed by atoms with Gasteiger partial charge in [0.05, 0.1) is 11.6 Å². The van der Waals surface area contributed by atoms with Gasteiger partial charge in [0.25, 0.3) is 5.91 Å². The highest BCUT2D eigenvalue weighted by atomic mass is 35.5. The fourth-order valence-corrected chi connectivity index (χ4v) is 3.75. The molecule has 0 aliphatic rings. The second-order valence-electron chi connectivity index (χ2n) is 7.45. The minimum Gasteiger partial charge on any atom is -0.490 e. The molecule has 0 spiro atoms. The Balaban J connectivity index is 1.69. The second-order valence-corrected chi connectivity index (χ2v) is 8.70. The van der Waals surface area contributed by atoms with Crippen molar-refractivity contribution in [3.63, 3.8) is 0 Å². The summed E-state index contributed by atoms with van der Waals surface area (Å²) in [6.45, 7) is 6.46. The predicted molar refractivity (Wildman–Crippen MR) is 136 cm³/mol. The molecule has 0 aliphatic heterocycles. The van der Waals surface area contributed by atoms with Crippen molar-refractivity contribution < 1.29 is 14.3 Å². The Morgan fingerprint density at radius 1 is 0.909 bits per heavy atom.